The smallest absolute Gasteiger partial charge is 0.427 e. The largest absolute Gasteiger partial charge is 0.508 e. The number of anilines is 1. The summed E-state index contributed by atoms with van der Waals surface area (Å²) in [5.74, 6) is -0.0674. The molecule has 174 valence electrons. The molecule has 1 aromatic carbocycles. The van der Waals surface area contributed by atoms with E-state index < -0.39 is 11.9 Å². The molecule has 2 aromatic heterocycles. The van der Waals surface area contributed by atoms with Gasteiger partial charge in [0, 0.05) is 29.6 Å². The van der Waals surface area contributed by atoms with Gasteiger partial charge in [0.05, 0.1) is 24.7 Å². The Hall–Kier alpha value is -3.73. The first-order valence-electron chi connectivity index (χ1n) is 10.7. The lowest BCUT2D eigenvalue weighted by Crippen LogP contribution is -2.26. The Kier molecular flexibility index (Phi) is 6.68. The van der Waals surface area contributed by atoms with Crippen LogP contribution in [0.15, 0.2) is 23.3 Å². The Morgan fingerprint density at radius 2 is 2.15 bits per heavy atom. The average Bonchev–Trinajstić information content (AvgIpc) is 3.44. The summed E-state index contributed by atoms with van der Waals surface area (Å²) < 4.78 is 19.3. The van der Waals surface area contributed by atoms with E-state index >= 15 is 0 Å². The molecule has 0 bridgehead atoms. The summed E-state index contributed by atoms with van der Waals surface area (Å²) in [4.78, 5) is 25.6. The molecular weight excluding hydrogens is 429 g/mol. The fourth-order valence-corrected chi connectivity index (χ4v) is 3.83. The number of methoxy groups -OCH3 is 1. The number of nitrogens with zero attached hydrogens (tertiary/aromatic N) is 4. The van der Waals surface area contributed by atoms with E-state index in [1.165, 1.54) is 26.2 Å². The van der Waals surface area contributed by atoms with Crippen LogP contribution in [0.5, 0.6) is 5.75 Å². The number of aromatic hydroxyl groups is 1. The van der Waals surface area contributed by atoms with Gasteiger partial charge >= 0.3 is 6.09 Å². The summed E-state index contributed by atoms with van der Waals surface area (Å²) in [5, 5.41) is 17.6. The summed E-state index contributed by atoms with van der Waals surface area (Å²) in [6.45, 7) is 5.06. The van der Waals surface area contributed by atoms with Crippen LogP contribution in [0.25, 0.3) is 22.4 Å². The zero-order chi connectivity index (χ0) is 23.4. The van der Waals surface area contributed by atoms with E-state index in [-0.39, 0.29) is 23.1 Å². The molecule has 1 aliphatic rings. The molecule has 4 rings (SSSR count). The van der Waals surface area contributed by atoms with Crippen LogP contribution in [0.4, 0.5) is 15.0 Å². The number of carbonyl (C=O) groups is 1. The highest BCUT2D eigenvalue weighted by Crippen LogP contribution is 2.31. The summed E-state index contributed by atoms with van der Waals surface area (Å²) in [7, 11) is 1.23. The standard InChI is InChI=1S/C22H26FN7O3/c1-13-18(23)20(24-7-10-30-8-3-4-9-30)28-21(26-13)19-16(12-25-29-22(32)33-2)15-11-14(31)5-6-17(15)27-19/h5-6,11-12,27,31H,3-4,7-10H2,1-2H3,(H,29,32)(H,24,26,28)/b25-12+. The van der Waals surface area contributed by atoms with Gasteiger partial charge in [-0.2, -0.15) is 5.10 Å². The van der Waals surface area contributed by atoms with Gasteiger partial charge in [-0.15, -0.1) is 0 Å². The van der Waals surface area contributed by atoms with Crippen LogP contribution in [0.1, 0.15) is 24.1 Å². The zero-order valence-corrected chi connectivity index (χ0v) is 18.5. The lowest BCUT2D eigenvalue weighted by molar-refractivity contribution is 0.171. The van der Waals surface area contributed by atoms with Gasteiger partial charge in [-0.05, 0) is 51.1 Å². The molecule has 4 N–H and O–H groups in total. The van der Waals surface area contributed by atoms with Crippen molar-refractivity contribution in [2.75, 3.05) is 38.6 Å². The van der Waals surface area contributed by atoms with Crippen molar-refractivity contribution < 1.29 is 19.0 Å². The molecule has 1 aliphatic heterocycles. The number of nitrogens with one attached hydrogen (secondary N) is 3. The molecule has 11 heteroatoms. The van der Waals surface area contributed by atoms with Crippen LogP contribution in [0.3, 0.4) is 0 Å². The van der Waals surface area contributed by atoms with Gasteiger partial charge in [-0.3, -0.25) is 0 Å². The molecule has 1 saturated heterocycles. The molecule has 0 radical (unpaired) electrons. The maximum Gasteiger partial charge on any atom is 0.427 e. The summed E-state index contributed by atoms with van der Waals surface area (Å²) in [6, 6.07) is 4.80. The molecule has 1 amide bonds. The number of amides is 1. The number of hydrogen-bond acceptors (Lipinski definition) is 8. The Morgan fingerprint density at radius 3 is 2.91 bits per heavy atom. The fourth-order valence-electron chi connectivity index (χ4n) is 3.83. The van der Waals surface area contributed by atoms with Gasteiger partial charge in [0.2, 0.25) is 0 Å². The van der Waals surface area contributed by atoms with Crippen LogP contribution in [0, 0.1) is 12.7 Å². The lowest BCUT2D eigenvalue weighted by atomic mass is 10.1. The maximum absolute atomic E-state index is 14.8. The van der Waals surface area contributed by atoms with Gasteiger partial charge in [-0.25, -0.2) is 24.6 Å². The van der Waals surface area contributed by atoms with Crippen LogP contribution < -0.4 is 10.7 Å². The number of likely N-dealkylation sites (tertiary alicyclic amines) is 1. The normalized spacial score (nSPS) is 14.3. The molecule has 1 fully saturated rings. The van der Waals surface area contributed by atoms with Crippen LogP contribution in [0.2, 0.25) is 0 Å². The molecule has 0 atom stereocenters. The minimum absolute atomic E-state index is 0.0594. The van der Waals surface area contributed by atoms with E-state index in [1.54, 1.807) is 25.1 Å². The molecule has 0 aliphatic carbocycles. The second kappa shape index (κ2) is 9.82. The topological polar surface area (TPSA) is 128 Å². The van der Waals surface area contributed by atoms with Crippen molar-refractivity contribution in [3.63, 3.8) is 0 Å². The van der Waals surface area contributed by atoms with Crippen molar-refractivity contribution in [1.29, 1.82) is 0 Å². The molecule has 33 heavy (non-hydrogen) atoms. The van der Waals surface area contributed by atoms with E-state index in [9.17, 15) is 14.3 Å². The van der Waals surface area contributed by atoms with Crippen molar-refractivity contribution in [2.24, 2.45) is 5.10 Å². The highest BCUT2D eigenvalue weighted by atomic mass is 19.1. The number of benzene rings is 1. The fraction of sp³-hybridized carbons (Fsp3) is 0.364. The van der Waals surface area contributed by atoms with Gasteiger partial charge in [0.25, 0.3) is 0 Å². The predicted octanol–water partition coefficient (Wildman–Crippen LogP) is 2.98. The Morgan fingerprint density at radius 1 is 1.36 bits per heavy atom. The third-order valence-corrected chi connectivity index (χ3v) is 5.52. The molecular formula is C22H26FN7O3. The minimum atomic E-state index is -0.728. The highest BCUT2D eigenvalue weighted by Gasteiger charge is 2.19. The van der Waals surface area contributed by atoms with E-state index in [4.69, 9.17) is 0 Å². The number of H-pyrrole nitrogens is 1. The summed E-state index contributed by atoms with van der Waals surface area (Å²) >= 11 is 0. The lowest BCUT2D eigenvalue weighted by Gasteiger charge is -2.16. The number of hydrazone groups is 1. The molecule has 0 unspecified atom stereocenters. The van der Waals surface area contributed by atoms with E-state index in [2.05, 4.69) is 40.4 Å². The quantitative estimate of drug-likeness (QED) is 0.319. The maximum atomic E-state index is 14.8. The van der Waals surface area contributed by atoms with Crippen LogP contribution in [-0.4, -0.2) is 70.6 Å². The molecule has 10 nitrogen and oxygen atoms in total. The van der Waals surface area contributed by atoms with Crippen molar-refractivity contribution in [1.82, 2.24) is 25.3 Å². The first-order chi connectivity index (χ1) is 16.0. The van der Waals surface area contributed by atoms with Gasteiger partial charge < -0.3 is 25.0 Å². The number of phenolic OH excluding ortho intramolecular Hbond substituents is 1. The number of aromatic amines is 1. The number of phenols is 1. The molecule has 0 spiro atoms. The first kappa shape index (κ1) is 22.5. The Labute approximate surface area is 189 Å². The van der Waals surface area contributed by atoms with E-state index in [1.807, 2.05) is 0 Å². The number of ether oxygens (including phenoxy) is 1. The van der Waals surface area contributed by atoms with Gasteiger partial charge in [-0.1, -0.05) is 0 Å². The summed E-state index contributed by atoms with van der Waals surface area (Å²) in [5.41, 5.74) is 4.10. The van der Waals surface area contributed by atoms with Crippen molar-refractivity contribution in [2.45, 2.75) is 19.8 Å². The Bertz CT molecular complexity index is 1190. The van der Waals surface area contributed by atoms with Gasteiger partial charge in [0.15, 0.2) is 17.5 Å². The third kappa shape index (κ3) is 5.03. The number of fused-ring (bicyclic) bond motifs is 1. The SMILES string of the molecule is COC(=O)N/N=C/c1c(-c2nc(C)c(F)c(NCCN3CCCC3)n2)[nH]c2ccc(O)cc12. The minimum Gasteiger partial charge on any atom is -0.508 e. The van der Waals surface area contributed by atoms with E-state index in [0.29, 0.717) is 28.7 Å². The average molecular weight is 455 g/mol. The number of halogens is 1. The van der Waals surface area contributed by atoms with Crippen LogP contribution in [-0.2, 0) is 4.74 Å². The second-order valence-electron chi connectivity index (χ2n) is 7.78. The Balaban J connectivity index is 1.68. The van der Waals surface area contributed by atoms with Crippen molar-refractivity contribution in [3.05, 3.63) is 35.3 Å². The summed E-state index contributed by atoms with van der Waals surface area (Å²) in [6.07, 6.45) is 3.05. The van der Waals surface area contributed by atoms with Crippen LogP contribution >= 0.6 is 0 Å². The first-order valence-corrected chi connectivity index (χ1v) is 10.7. The number of rotatable bonds is 7. The number of hydrogen-bond donors (Lipinski definition) is 4. The van der Waals surface area contributed by atoms with E-state index in [0.717, 1.165) is 19.6 Å². The number of carbonyl (C=O) groups excluding carboxylic acids is 1. The monoisotopic (exact) mass is 455 g/mol. The molecule has 0 saturated carbocycles. The van der Waals surface area contributed by atoms with Crippen molar-refractivity contribution in [3.8, 4) is 17.3 Å². The van der Waals surface area contributed by atoms with Gasteiger partial charge in [0.1, 0.15) is 5.75 Å². The molecule has 3 heterocycles. The number of aryl methyl sites for hydroxylation is 1. The third-order valence-electron chi connectivity index (χ3n) is 5.52. The second-order valence-corrected chi connectivity index (χ2v) is 7.78. The van der Waals surface area contributed by atoms with Crippen molar-refractivity contribution >= 4 is 29.0 Å². The predicted molar refractivity (Wildman–Crippen MR) is 123 cm³/mol. The zero-order valence-electron chi connectivity index (χ0n) is 18.5. The highest BCUT2D eigenvalue weighted by molar-refractivity contribution is 6.05. The number of aromatic nitrogens is 3. The molecule has 3 aromatic rings.